The van der Waals surface area contributed by atoms with Gasteiger partial charge in [0.1, 0.15) is 12.1 Å². The molecule has 6 heteroatoms. The van der Waals surface area contributed by atoms with Crippen molar-refractivity contribution < 1.29 is 4.74 Å². The highest BCUT2D eigenvalue weighted by Crippen LogP contribution is 2.18. The number of hydrogen-bond acceptors (Lipinski definition) is 5. The summed E-state index contributed by atoms with van der Waals surface area (Å²) in [5, 5.41) is 9.94. The molecule has 2 heterocycles. The fourth-order valence-electron chi connectivity index (χ4n) is 1.30. The van der Waals surface area contributed by atoms with E-state index in [1.54, 1.807) is 12.1 Å². The van der Waals surface area contributed by atoms with Gasteiger partial charge < -0.3 is 10.1 Å². The molecular formula is C11H15N5O. The smallest absolute Gasteiger partial charge is 0.240 e. The highest BCUT2D eigenvalue weighted by molar-refractivity contribution is 5.37. The van der Waals surface area contributed by atoms with Crippen molar-refractivity contribution in [2.75, 3.05) is 11.9 Å². The van der Waals surface area contributed by atoms with Gasteiger partial charge >= 0.3 is 0 Å². The van der Waals surface area contributed by atoms with Crippen LogP contribution >= 0.6 is 0 Å². The second kappa shape index (κ2) is 5.29. The summed E-state index contributed by atoms with van der Waals surface area (Å²) in [5.41, 5.74) is 0.943. The molecule has 2 rings (SSSR count). The van der Waals surface area contributed by atoms with Crippen LogP contribution in [0.5, 0.6) is 11.8 Å². The number of aryl methyl sites for hydroxylation is 1. The Hall–Kier alpha value is -2.11. The lowest BCUT2D eigenvalue weighted by Gasteiger charge is -2.05. The van der Waals surface area contributed by atoms with Gasteiger partial charge in [-0.1, -0.05) is 6.92 Å². The molecule has 0 saturated heterocycles. The molecule has 0 spiro atoms. The molecule has 90 valence electrons. The summed E-state index contributed by atoms with van der Waals surface area (Å²) in [4.78, 5) is 8.12. The van der Waals surface area contributed by atoms with E-state index in [1.807, 2.05) is 6.92 Å². The molecule has 0 unspecified atom stereocenters. The molecule has 0 aliphatic heterocycles. The van der Waals surface area contributed by atoms with E-state index in [4.69, 9.17) is 4.74 Å². The Labute approximate surface area is 99.4 Å². The Kier molecular flexibility index (Phi) is 3.54. The molecular weight excluding hydrogens is 218 g/mol. The van der Waals surface area contributed by atoms with E-state index in [0.717, 1.165) is 24.5 Å². The van der Waals surface area contributed by atoms with Crippen molar-refractivity contribution in [1.29, 1.82) is 0 Å². The van der Waals surface area contributed by atoms with Crippen LogP contribution < -0.4 is 10.1 Å². The molecule has 0 fully saturated rings. The Balaban J connectivity index is 2.05. The van der Waals surface area contributed by atoms with Crippen LogP contribution in [0.25, 0.3) is 0 Å². The number of anilines is 1. The summed E-state index contributed by atoms with van der Waals surface area (Å²) >= 11 is 0. The molecule has 2 aromatic heterocycles. The maximum Gasteiger partial charge on any atom is 0.240 e. The third-order valence-corrected chi connectivity index (χ3v) is 2.09. The molecule has 2 aromatic rings. The van der Waals surface area contributed by atoms with Gasteiger partial charge in [0.25, 0.3) is 0 Å². The highest BCUT2D eigenvalue weighted by Gasteiger charge is 2.03. The fourth-order valence-corrected chi connectivity index (χ4v) is 1.30. The van der Waals surface area contributed by atoms with Gasteiger partial charge in [-0.3, -0.25) is 5.10 Å². The van der Waals surface area contributed by atoms with Crippen molar-refractivity contribution in [3.8, 4) is 11.8 Å². The highest BCUT2D eigenvalue weighted by atomic mass is 16.5. The summed E-state index contributed by atoms with van der Waals surface area (Å²) in [6, 6.07) is 3.56. The second-order valence-corrected chi connectivity index (χ2v) is 3.66. The van der Waals surface area contributed by atoms with E-state index >= 15 is 0 Å². The topological polar surface area (TPSA) is 75.7 Å². The number of aromatic amines is 1. The number of nitrogens with one attached hydrogen (secondary N) is 2. The van der Waals surface area contributed by atoms with Crippen LogP contribution in [0.1, 0.15) is 19.0 Å². The first kappa shape index (κ1) is 11.4. The van der Waals surface area contributed by atoms with Crippen molar-refractivity contribution in [3.05, 3.63) is 24.2 Å². The summed E-state index contributed by atoms with van der Waals surface area (Å²) in [6.07, 6.45) is 2.51. The molecule has 0 aromatic carbocycles. The van der Waals surface area contributed by atoms with Gasteiger partial charge in [-0.25, -0.2) is 9.97 Å². The van der Waals surface area contributed by atoms with Crippen LogP contribution in [0.2, 0.25) is 0 Å². The minimum Gasteiger partial charge on any atom is -0.419 e. The van der Waals surface area contributed by atoms with Gasteiger partial charge in [0, 0.05) is 24.4 Å². The van der Waals surface area contributed by atoms with Crippen LogP contribution in [0.4, 0.5) is 5.82 Å². The third-order valence-electron chi connectivity index (χ3n) is 2.09. The van der Waals surface area contributed by atoms with Gasteiger partial charge in [-0.05, 0) is 13.3 Å². The van der Waals surface area contributed by atoms with Crippen LogP contribution in [0.3, 0.4) is 0 Å². The molecule has 2 N–H and O–H groups in total. The zero-order valence-corrected chi connectivity index (χ0v) is 9.90. The SMILES string of the molecule is CCCNc1cc(Oc2cc(C)[nH]n2)ncn1. The molecule has 17 heavy (non-hydrogen) atoms. The number of nitrogens with zero attached hydrogens (tertiary/aromatic N) is 3. The average Bonchev–Trinajstić information content (AvgIpc) is 2.73. The van der Waals surface area contributed by atoms with Gasteiger partial charge in [0.2, 0.25) is 11.8 Å². The number of ether oxygens (including phenoxy) is 1. The standard InChI is InChI=1S/C11H15N5O/c1-3-4-12-9-6-10(14-7-13-9)17-11-5-8(2)15-16-11/h5-7H,3-4H2,1-2H3,(H,15,16)(H,12,13,14). The summed E-state index contributed by atoms with van der Waals surface area (Å²) in [5.74, 6) is 1.73. The Morgan fingerprint density at radius 3 is 2.88 bits per heavy atom. The monoisotopic (exact) mass is 233 g/mol. The molecule has 0 amide bonds. The number of hydrogen-bond donors (Lipinski definition) is 2. The van der Waals surface area contributed by atoms with E-state index < -0.39 is 0 Å². The Bertz CT molecular complexity index is 482. The van der Waals surface area contributed by atoms with E-state index in [0.29, 0.717) is 11.8 Å². The van der Waals surface area contributed by atoms with Crippen molar-refractivity contribution in [3.63, 3.8) is 0 Å². The normalized spacial score (nSPS) is 10.2. The molecule has 6 nitrogen and oxygen atoms in total. The number of H-pyrrole nitrogens is 1. The van der Waals surface area contributed by atoms with Crippen molar-refractivity contribution >= 4 is 5.82 Å². The first-order valence-electron chi connectivity index (χ1n) is 5.53. The molecule has 0 atom stereocenters. The summed E-state index contributed by atoms with van der Waals surface area (Å²) in [6.45, 7) is 4.88. The predicted molar refractivity (Wildman–Crippen MR) is 64.2 cm³/mol. The first-order chi connectivity index (χ1) is 8.28. The van der Waals surface area contributed by atoms with E-state index in [1.165, 1.54) is 6.33 Å². The fraction of sp³-hybridized carbons (Fsp3) is 0.364. The van der Waals surface area contributed by atoms with Crippen LogP contribution in [-0.2, 0) is 0 Å². The molecule has 0 aliphatic carbocycles. The Morgan fingerprint density at radius 2 is 2.18 bits per heavy atom. The largest absolute Gasteiger partial charge is 0.419 e. The maximum absolute atomic E-state index is 5.49. The summed E-state index contributed by atoms with van der Waals surface area (Å²) < 4.78 is 5.49. The minimum atomic E-state index is 0.477. The van der Waals surface area contributed by atoms with Crippen LogP contribution in [0, 0.1) is 6.92 Å². The van der Waals surface area contributed by atoms with E-state index in [-0.39, 0.29) is 0 Å². The van der Waals surface area contributed by atoms with Crippen molar-refractivity contribution in [2.45, 2.75) is 20.3 Å². The number of aromatic nitrogens is 4. The predicted octanol–water partition coefficient (Wildman–Crippen LogP) is 2.12. The van der Waals surface area contributed by atoms with Crippen LogP contribution in [0.15, 0.2) is 18.5 Å². The van der Waals surface area contributed by atoms with Gasteiger partial charge in [-0.2, -0.15) is 0 Å². The zero-order chi connectivity index (χ0) is 12.1. The third kappa shape index (κ3) is 3.17. The van der Waals surface area contributed by atoms with E-state index in [9.17, 15) is 0 Å². The van der Waals surface area contributed by atoms with Gasteiger partial charge in [0.05, 0.1) is 0 Å². The average molecular weight is 233 g/mol. The molecule has 0 bridgehead atoms. The second-order valence-electron chi connectivity index (χ2n) is 3.66. The number of rotatable bonds is 5. The molecule has 0 aliphatic rings. The first-order valence-corrected chi connectivity index (χ1v) is 5.53. The lowest BCUT2D eigenvalue weighted by molar-refractivity contribution is 0.442. The summed E-state index contributed by atoms with van der Waals surface area (Å²) in [7, 11) is 0. The lowest BCUT2D eigenvalue weighted by atomic mass is 10.4. The van der Waals surface area contributed by atoms with Gasteiger partial charge in [-0.15, -0.1) is 5.10 Å². The van der Waals surface area contributed by atoms with E-state index in [2.05, 4.69) is 32.4 Å². The quantitative estimate of drug-likeness (QED) is 0.827. The van der Waals surface area contributed by atoms with Crippen LogP contribution in [-0.4, -0.2) is 26.7 Å². The minimum absolute atomic E-state index is 0.477. The maximum atomic E-state index is 5.49. The molecule has 0 radical (unpaired) electrons. The van der Waals surface area contributed by atoms with Crippen molar-refractivity contribution in [2.24, 2.45) is 0 Å². The Morgan fingerprint density at radius 1 is 1.29 bits per heavy atom. The van der Waals surface area contributed by atoms with Crippen molar-refractivity contribution in [1.82, 2.24) is 20.2 Å². The zero-order valence-electron chi connectivity index (χ0n) is 9.90. The van der Waals surface area contributed by atoms with Gasteiger partial charge in [0.15, 0.2) is 0 Å². The molecule has 0 saturated carbocycles. The lowest BCUT2D eigenvalue weighted by Crippen LogP contribution is -2.02.